The normalized spacial score (nSPS) is 10.3. The predicted octanol–water partition coefficient (Wildman–Crippen LogP) is 0.759. The zero-order valence-electron chi connectivity index (χ0n) is 9.86. The van der Waals surface area contributed by atoms with Crippen molar-refractivity contribution in [2.45, 2.75) is 6.54 Å². The van der Waals surface area contributed by atoms with Crippen LogP contribution in [0.4, 0.5) is 4.39 Å². The Kier molecular flexibility index (Phi) is 5.59. The van der Waals surface area contributed by atoms with Gasteiger partial charge >= 0.3 is 0 Å². The molecule has 0 aliphatic carbocycles. The molecule has 2 N–H and O–H groups in total. The van der Waals surface area contributed by atoms with Gasteiger partial charge in [-0.25, -0.2) is 4.39 Å². The highest BCUT2D eigenvalue weighted by atomic mass is 19.1. The highest BCUT2D eigenvalue weighted by molar-refractivity contribution is 5.78. The molecule has 0 saturated heterocycles. The number of nitrogens with two attached hydrogens (primary N) is 1. The van der Waals surface area contributed by atoms with Crippen molar-refractivity contribution in [1.82, 2.24) is 4.90 Å². The van der Waals surface area contributed by atoms with Crippen molar-refractivity contribution in [2.75, 3.05) is 26.8 Å². The lowest BCUT2D eigenvalue weighted by atomic mass is 10.2. The van der Waals surface area contributed by atoms with Crippen molar-refractivity contribution in [3.63, 3.8) is 0 Å². The van der Waals surface area contributed by atoms with Gasteiger partial charge in [-0.05, 0) is 6.07 Å². The van der Waals surface area contributed by atoms with Gasteiger partial charge < -0.3 is 15.4 Å². The van der Waals surface area contributed by atoms with E-state index in [1.807, 2.05) is 0 Å². The summed E-state index contributed by atoms with van der Waals surface area (Å²) in [6, 6.07) is 6.37. The van der Waals surface area contributed by atoms with E-state index in [0.717, 1.165) is 0 Å². The molecule has 0 unspecified atom stereocenters. The Bertz CT molecular complexity index is 371. The largest absolute Gasteiger partial charge is 0.383 e. The highest BCUT2D eigenvalue weighted by Gasteiger charge is 2.13. The second-order valence-electron chi connectivity index (χ2n) is 3.60. The third kappa shape index (κ3) is 4.13. The van der Waals surface area contributed by atoms with E-state index in [9.17, 15) is 9.18 Å². The van der Waals surface area contributed by atoms with E-state index in [0.29, 0.717) is 18.7 Å². The quantitative estimate of drug-likeness (QED) is 0.798. The predicted molar refractivity (Wildman–Crippen MR) is 62.7 cm³/mol. The maximum absolute atomic E-state index is 13.4. The summed E-state index contributed by atoms with van der Waals surface area (Å²) < 4.78 is 18.3. The lowest BCUT2D eigenvalue weighted by molar-refractivity contribution is -0.130. The van der Waals surface area contributed by atoms with E-state index in [1.54, 1.807) is 25.3 Å². The van der Waals surface area contributed by atoms with Gasteiger partial charge in [0.2, 0.25) is 5.91 Å². The van der Waals surface area contributed by atoms with Crippen molar-refractivity contribution in [2.24, 2.45) is 5.73 Å². The molecular weight excluding hydrogens is 223 g/mol. The number of ether oxygens (including phenoxy) is 1. The van der Waals surface area contributed by atoms with E-state index in [-0.39, 0.29) is 24.8 Å². The lowest BCUT2D eigenvalue weighted by Gasteiger charge is -2.22. The minimum Gasteiger partial charge on any atom is -0.383 e. The Morgan fingerprint density at radius 2 is 2.18 bits per heavy atom. The highest BCUT2D eigenvalue weighted by Crippen LogP contribution is 2.09. The van der Waals surface area contributed by atoms with Gasteiger partial charge in [-0.1, -0.05) is 18.2 Å². The molecule has 1 aromatic carbocycles. The molecule has 0 saturated carbocycles. The fourth-order valence-corrected chi connectivity index (χ4v) is 1.45. The van der Waals surface area contributed by atoms with Crippen molar-refractivity contribution < 1.29 is 13.9 Å². The molecule has 0 bridgehead atoms. The van der Waals surface area contributed by atoms with E-state index in [2.05, 4.69) is 0 Å². The summed E-state index contributed by atoms with van der Waals surface area (Å²) in [6.45, 7) is 0.936. The van der Waals surface area contributed by atoms with Gasteiger partial charge in [0.1, 0.15) is 5.82 Å². The Morgan fingerprint density at radius 3 is 2.76 bits per heavy atom. The van der Waals surface area contributed by atoms with Gasteiger partial charge in [0.25, 0.3) is 0 Å². The average molecular weight is 240 g/mol. The molecule has 4 nitrogen and oxygen atoms in total. The molecule has 5 heteroatoms. The van der Waals surface area contributed by atoms with Crippen LogP contribution in [0.1, 0.15) is 5.56 Å². The monoisotopic (exact) mass is 240 g/mol. The molecule has 0 fully saturated rings. The van der Waals surface area contributed by atoms with Crippen molar-refractivity contribution in [1.29, 1.82) is 0 Å². The van der Waals surface area contributed by atoms with Gasteiger partial charge in [0, 0.05) is 25.8 Å². The maximum Gasteiger partial charge on any atom is 0.236 e. The lowest BCUT2D eigenvalue weighted by Crippen LogP contribution is -2.37. The Labute approximate surface area is 100 Å². The second kappa shape index (κ2) is 6.98. The van der Waals surface area contributed by atoms with Crippen LogP contribution in [-0.4, -0.2) is 37.6 Å². The van der Waals surface area contributed by atoms with Gasteiger partial charge in [-0.3, -0.25) is 4.79 Å². The van der Waals surface area contributed by atoms with Gasteiger partial charge in [-0.2, -0.15) is 0 Å². The summed E-state index contributed by atoms with van der Waals surface area (Å²) in [5.41, 5.74) is 5.79. The number of hydrogen-bond donors (Lipinski definition) is 1. The fraction of sp³-hybridized carbons (Fsp3) is 0.417. The number of amides is 1. The topological polar surface area (TPSA) is 55.6 Å². The fourth-order valence-electron chi connectivity index (χ4n) is 1.45. The summed E-state index contributed by atoms with van der Waals surface area (Å²) in [7, 11) is 1.55. The van der Waals surface area contributed by atoms with Gasteiger partial charge in [-0.15, -0.1) is 0 Å². The molecule has 17 heavy (non-hydrogen) atoms. The Hall–Kier alpha value is -1.46. The summed E-state index contributed by atoms with van der Waals surface area (Å²) in [4.78, 5) is 13.0. The number of carbonyl (C=O) groups is 1. The summed E-state index contributed by atoms with van der Waals surface area (Å²) in [6.07, 6.45) is 0. The SMILES string of the molecule is COCCN(Cc1ccccc1F)C(=O)CN. The molecule has 0 atom stereocenters. The Morgan fingerprint density at radius 1 is 1.47 bits per heavy atom. The van der Waals surface area contributed by atoms with E-state index in [1.165, 1.54) is 11.0 Å². The molecule has 1 amide bonds. The van der Waals surface area contributed by atoms with E-state index >= 15 is 0 Å². The molecule has 1 aromatic rings. The first kappa shape index (κ1) is 13.6. The molecule has 1 rings (SSSR count). The number of hydrogen-bond acceptors (Lipinski definition) is 3. The van der Waals surface area contributed by atoms with Crippen molar-refractivity contribution in [3.05, 3.63) is 35.6 Å². The molecule has 94 valence electrons. The third-order valence-corrected chi connectivity index (χ3v) is 2.41. The first-order valence-corrected chi connectivity index (χ1v) is 5.39. The molecule has 0 aromatic heterocycles. The first-order valence-electron chi connectivity index (χ1n) is 5.39. The average Bonchev–Trinajstić information content (AvgIpc) is 2.35. The van der Waals surface area contributed by atoms with Crippen molar-refractivity contribution in [3.8, 4) is 0 Å². The number of methoxy groups -OCH3 is 1. The van der Waals surface area contributed by atoms with E-state index in [4.69, 9.17) is 10.5 Å². The van der Waals surface area contributed by atoms with Crippen LogP contribution in [0, 0.1) is 5.82 Å². The van der Waals surface area contributed by atoms with Gasteiger partial charge in [0.05, 0.1) is 13.2 Å². The summed E-state index contributed by atoms with van der Waals surface area (Å²) >= 11 is 0. The van der Waals surface area contributed by atoms with Crippen LogP contribution in [0.3, 0.4) is 0 Å². The number of nitrogens with zero attached hydrogens (tertiary/aromatic N) is 1. The smallest absolute Gasteiger partial charge is 0.236 e. The van der Waals surface area contributed by atoms with Crippen LogP contribution < -0.4 is 5.73 Å². The number of rotatable bonds is 6. The first-order chi connectivity index (χ1) is 8.19. The zero-order valence-corrected chi connectivity index (χ0v) is 9.86. The van der Waals surface area contributed by atoms with Crippen LogP contribution in [-0.2, 0) is 16.1 Å². The van der Waals surface area contributed by atoms with Gasteiger partial charge in [0.15, 0.2) is 0 Å². The minimum atomic E-state index is -0.320. The third-order valence-electron chi connectivity index (χ3n) is 2.41. The number of benzene rings is 1. The standard InChI is InChI=1S/C12H17FN2O2/c1-17-7-6-15(12(16)8-14)9-10-4-2-3-5-11(10)13/h2-5H,6-9,14H2,1H3. The van der Waals surface area contributed by atoms with E-state index < -0.39 is 0 Å². The molecule has 0 aliphatic rings. The minimum absolute atomic E-state index is 0.0852. The second-order valence-corrected chi connectivity index (χ2v) is 3.60. The molecule has 0 radical (unpaired) electrons. The summed E-state index contributed by atoms with van der Waals surface area (Å²) in [5.74, 6) is -0.537. The van der Waals surface area contributed by atoms with Crippen molar-refractivity contribution >= 4 is 5.91 Å². The maximum atomic E-state index is 13.4. The Balaban J connectivity index is 2.72. The zero-order chi connectivity index (χ0) is 12.7. The van der Waals surface area contributed by atoms with Crippen LogP contribution in [0.5, 0.6) is 0 Å². The molecule has 0 spiro atoms. The molecular formula is C12H17FN2O2. The van der Waals surface area contributed by atoms with Crippen LogP contribution in [0.15, 0.2) is 24.3 Å². The van der Waals surface area contributed by atoms with Crippen LogP contribution in [0.2, 0.25) is 0 Å². The number of halogens is 1. The van der Waals surface area contributed by atoms with Crippen LogP contribution in [0.25, 0.3) is 0 Å². The molecule has 0 heterocycles. The summed E-state index contributed by atoms with van der Waals surface area (Å²) in [5, 5.41) is 0. The van der Waals surface area contributed by atoms with Crippen LogP contribution >= 0.6 is 0 Å². The number of carbonyl (C=O) groups excluding carboxylic acids is 1. The molecule has 0 aliphatic heterocycles.